The van der Waals surface area contributed by atoms with E-state index in [1.165, 1.54) is 22.5 Å². The van der Waals surface area contributed by atoms with Crippen molar-refractivity contribution in [3.63, 3.8) is 0 Å². The van der Waals surface area contributed by atoms with Crippen LogP contribution < -0.4 is 4.90 Å². The quantitative estimate of drug-likeness (QED) is 0.618. The first kappa shape index (κ1) is 15.4. The van der Waals surface area contributed by atoms with E-state index in [-0.39, 0.29) is 0 Å². The highest BCUT2D eigenvalue weighted by Gasteiger charge is 2.20. The molecule has 1 aliphatic carbocycles. The van der Waals surface area contributed by atoms with Gasteiger partial charge in [-0.25, -0.2) is 0 Å². The predicted octanol–water partition coefficient (Wildman–Crippen LogP) is 5.63. The summed E-state index contributed by atoms with van der Waals surface area (Å²) in [4.78, 5) is 6.50. The number of anilines is 2. The summed E-state index contributed by atoms with van der Waals surface area (Å²) in [6, 6.07) is 25.6. The van der Waals surface area contributed by atoms with E-state index in [1.807, 2.05) is 12.4 Å². The van der Waals surface area contributed by atoms with Crippen molar-refractivity contribution in [1.29, 1.82) is 0 Å². The average Bonchev–Trinajstić information content (AvgIpc) is 2.71. The van der Waals surface area contributed by atoms with Gasteiger partial charge >= 0.3 is 0 Å². The summed E-state index contributed by atoms with van der Waals surface area (Å²) < 4.78 is 0. The molecule has 1 atom stereocenters. The Kier molecular flexibility index (Phi) is 4.42. The number of rotatable bonds is 4. The lowest BCUT2D eigenvalue weighted by atomic mass is 9.96. The molecule has 0 saturated heterocycles. The Hall–Kier alpha value is -3.13. The molecule has 2 heteroatoms. The van der Waals surface area contributed by atoms with Crippen molar-refractivity contribution >= 4 is 16.9 Å². The second kappa shape index (κ2) is 7.18. The molecule has 0 fully saturated rings. The van der Waals surface area contributed by atoms with Crippen molar-refractivity contribution < 1.29 is 0 Å². The van der Waals surface area contributed by atoms with Gasteiger partial charge in [-0.2, -0.15) is 0 Å². The number of allylic oxidation sites excluding steroid dienone is 2. The topological polar surface area (TPSA) is 16.1 Å². The number of pyridine rings is 1. The van der Waals surface area contributed by atoms with Gasteiger partial charge in [-0.3, -0.25) is 4.98 Å². The molecule has 0 amide bonds. The minimum Gasteiger partial charge on any atom is -0.334 e. The number of hydrogen-bond donors (Lipinski definition) is 0. The maximum atomic E-state index is 4.10. The maximum Gasteiger partial charge on any atom is 0.0560 e. The van der Waals surface area contributed by atoms with Crippen LogP contribution in [0.5, 0.6) is 0 Å². The molecule has 0 bridgehead atoms. The molecule has 0 saturated carbocycles. The predicted molar refractivity (Wildman–Crippen MR) is 105 cm³/mol. The van der Waals surface area contributed by atoms with Crippen LogP contribution in [0, 0.1) is 0 Å². The minimum atomic E-state index is 0.301. The molecule has 4 rings (SSSR count). The van der Waals surface area contributed by atoms with Gasteiger partial charge < -0.3 is 4.90 Å². The lowest BCUT2D eigenvalue weighted by Crippen LogP contribution is -2.30. The van der Waals surface area contributed by atoms with Gasteiger partial charge in [0.05, 0.1) is 6.04 Å². The van der Waals surface area contributed by atoms with Crippen LogP contribution in [0.1, 0.15) is 12.0 Å². The van der Waals surface area contributed by atoms with E-state index < -0.39 is 0 Å². The molecule has 2 nitrogen and oxygen atoms in total. The van der Waals surface area contributed by atoms with E-state index in [2.05, 4.69) is 101 Å². The van der Waals surface area contributed by atoms with Gasteiger partial charge in [0.2, 0.25) is 0 Å². The molecule has 25 heavy (non-hydrogen) atoms. The molecular formula is C23H20N2. The standard InChI is InChI=1S/C23H20N2/c1-3-7-21(8-4-1)25(22-9-5-2-6-10-22)23-13-11-19(12-14-23)20-15-17-24-18-16-20/h1-13,15-18,23H,14H2. The zero-order valence-corrected chi connectivity index (χ0v) is 14.0. The monoisotopic (exact) mass is 324 g/mol. The van der Waals surface area contributed by atoms with Crippen LogP contribution in [0.4, 0.5) is 11.4 Å². The Morgan fingerprint density at radius 2 is 1.36 bits per heavy atom. The average molecular weight is 324 g/mol. The second-order valence-electron chi connectivity index (χ2n) is 6.10. The molecule has 1 unspecified atom stereocenters. The van der Waals surface area contributed by atoms with Crippen LogP contribution in [-0.2, 0) is 0 Å². The summed E-state index contributed by atoms with van der Waals surface area (Å²) >= 11 is 0. The third-order valence-corrected chi connectivity index (χ3v) is 4.49. The summed E-state index contributed by atoms with van der Waals surface area (Å²) in [5.74, 6) is 0. The number of hydrogen-bond acceptors (Lipinski definition) is 2. The SMILES string of the molecule is C1=CC(N(c2ccccc2)c2ccccc2)CC=C1c1ccncc1. The second-order valence-corrected chi connectivity index (χ2v) is 6.10. The first-order valence-corrected chi connectivity index (χ1v) is 8.60. The van der Waals surface area contributed by atoms with Gasteiger partial charge in [-0.05, 0) is 54.0 Å². The fourth-order valence-electron chi connectivity index (χ4n) is 3.27. The number of nitrogens with zero attached hydrogens (tertiary/aromatic N) is 2. The number of para-hydroxylation sites is 2. The number of benzene rings is 2. The van der Waals surface area contributed by atoms with Crippen molar-refractivity contribution in [2.75, 3.05) is 4.90 Å². The van der Waals surface area contributed by atoms with Crippen LogP contribution in [0.2, 0.25) is 0 Å². The molecule has 2 aromatic carbocycles. The molecule has 0 spiro atoms. The van der Waals surface area contributed by atoms with E-state index >= 15 is 0 Å². The Bertz CT molecular complexity index is 828. The largest absolute Gasteiger partial charge is 0.334 e. The van der Waals surface area contributed by atoms with Gasteiger partial charge in [0.15, 0.2) is 0 Å². The van der Waals surface area contributed by atoms with Gasteiger partial charge in [-0.15, -0.1) is 0 Å². The highest BCUT2D eigenvalue weighted by molar-refractivity contribution is 5.76. The molecule has 1 heterocycles. The first-order chi connectivity index (χ1) is 12.4. The van der Waals surface area contributed by atoms with E-state index in [9.17, 15) is 0 Å². The summed E-state index contributed by atoms with van der Waals surface area (Å²) in [6.07, 6.45) is 11.5. The molecule has 3 aromatic rings. The van der Waals surface area contributed by atoms with Crippen molar-refractivity contribution in [1.82, 2.24) is 4.98 Å². The Balaban J connectivity index is 1.64. The molecule has 0 N–H and O–H groups in total. The van der Waals surface area contributed by atoms with E-state index in [0.717, 1.165) is 6.42 Å². The normalized spacial score (nSPS) is 16.3. The van der Waals surface area contributed by atoms with Gasteiger partial charge in [0.25, 0.3) is 0 Å². The first-order valence-electron chi connectivity index (χ1n) is 8.60. The van der Waals surface area contributed by atoms with Crippen LogP contribution in [0.15, 0.2) is 103 Å². The van der Waals surface area contributed by atoms with Gasteiger partial charge in [-0.1, -0.05) is 54.6 Å². The molecule has 1 aromatic heterocycles. The number of aromatic nitrogens is 1. The lowest BCUT2D eigenvalue weighted by Gasteiger charge is -2.33. The van der Waals surface area contributed by atoms with E-state index in [1.54, 1.807) is 0 Å². The zero-order valence-electron chi connectivity index (χ0n) is 14.0. The third kappa shape index (κ3) is 3.38. The molecular weight excluding hydrogens is 304 g/mol. The highest BCUT2D eigenvalue weighted by Crippen LogP contribution is 2.32. The molecule has 0 aliphatic heterocycles. The van der Waals surface area contributed by atoms with Crippen LogP contribution in [0.25, 0.3) is 5.57 Å². The van der Waals surface area contributed by atoms with Crippen LogP contribution >= 0.6 is 0 Å². The Labute approximate surface area is 148 Å². The van der Waals surface area contributed by atoms with Crippen molar-refractivity contribution in [2.24, 2.45) is 0 Å². The Morgan fingerprint density at radius 1 is 0.760 bits per heavy atom. The van der Waals surface area contributed by atoms with Crippen LogP contribution in [-0.4, -0.2) is 11.0 Å². The van der Waals surface area contributed by atoms with Gasteiger partial charge in [0.1, 0.15) is 0 Å². The highest BCUT2D eigenvalue weighted by atomic mass is 15.2. The van der Waals surface area contributed by atoms with Crippen molar-refractivity contribution in [3.05, 3.63) is 109 Å². The maximum absolute atomic E-state index is 4.10. The molecule has 0 radical (unpaired) electrons. The summed E-state index contributed by atoms with van der Waals surface area (Å²) in [7, 11) is 0. The third-order valence-electron chi connectivity index (χ3n) is 4.49. The fourth-order valence-corrected chi connectivity index (χ4v) is 3.27. The van der Waals surface area contributed by atoms with Crippen LogP contribution in [0.3, 0.4) is 0 Å². The summed E-state index contributed by atoms with van der Waals surface area (Å²) in [5, 5.41) is 0. The fraction of sp³-hybridized carbons (Fsp3) is 0.0870. The zero-order chi connectivity index (χ0) is 16.9. The summed E-state index contributed by atoms with van der Waals surface area (Å²) in [5.41, 5.74) is 4.91. The summed E-state index contributed by atoms with van der Waals surface area (Å²) in [6.45, 7) is 0. The smallest absolute Gasteiger partial charge is 0.0560 e. The van der Waals surface area contributed by atoms with Gasteiger partial charge in [0, 0.05) is 23.8 Å². The minimum absolute atomic E-state index is 0.301. The Morgan fingerprint density at radius 3 is 1.88 bits per heavy atom. The lowest BCUT2D eigenvalue weighted by molar-refractivity contribution is 0.787. The van der Waals surface area contributed by atoms with Crippen molar-refractivity contribution in [2.45, 2.75) is 12.5 Å². The molecule has 1 aliphatic rings. The van der Waals surface area contributed by atoms with Crippen molar-refractivity contribution in [3.8, 4) is 0 Å². The molecule has 122 valence electrons. The van der Waals surface area contributed by atoms with E-state index in [4.69, 9.17) is 0 Å². The van der Waals surface area contributed by atoms with E-state index in [0.29, 0.717) is 6.04 Å².